The van der Waals surface area contributed by atoms with E-state index in [-0.39, 0.29) is 17.2 Å². The van der Waals surface area contributed by atoms with Gasteiger partial charge in [-0.25, -0.2) is 4.79 Å². The predicted octanol–water partition coefficient (Wildman–Crippen LogP) is 3.18. The number of Topliss-reactive ketones (excluding diaryl/α,β-unsaturated/α-hetero) is 1. The van der Waals surface area contributed by atoms with Crippen LogP contribution in [0.3, 0.4) is 0 Å². The summed E-state index contributed by atoms with van der Waals surface area (Å²) in [4.78, 5) is 23.4. The Balaban J connectivity index is 2.37. The van der Waals surface area contributed by atoms with E-state index in [1.807, 2.05) is 0 Å². The summed E-state index contributed by atoms with van der Waals surface area (Å²) in [5.41, 5.74) is 0. The van der Waals surface area contributed by atoms with Gasteiger partial charge >= 0.3 is 6.09 Å². The number of carbonyl (C=O) groups is 2. The molecule has 0 spiro atoms. The van der Waals surface area contributed by atoms with Gasteiger partial charge in [0, 0.05) is 0 Å². The number of alkyl carbamates (subject to hydrolysis) is 1. The summed E-state index contributed by atoms with van der Waals surface area (Å²) < 4.78 is 5.30. The van der Waals surface area contributed by atoms with Crippen LogP contribution in [0.4, 0.5) is 4.79 Å². The van der Waals surface area contributed by atoms with Crippen molar-refractivity contribution in [3.05, 3.63) is 0 Å². The lowest BCUT2D eigenvalue weighted by Gasteiger charge is -2.18. The molecule has 1 saturated carbocycles. The van der Waals surface area contributed by atoms with Crippen LogP contribution in [0.2, 0.25) is 0 Å². The van der Waals surface area contributed by atoms with Gasteiger partial charge in [0.1, 0.15) is 6.10 Å². The quantitative estimate of drug-likeness (QED) is 0.733. The molecule has 104 valence electrons. The van der Waals surface area contributed by atoms with E-state index in [2.05, 4.69) is 28.2 Å². The van der Waals surface area contributed by atoms with E-state index in [1.165, 1.54) is 0 Å². The van der Waals surface area contributed by atoms with Crippen molar-refractivity contribution < 1.29 is 14.3 Å². The largest absolute Gasteiger partial charge is 0.446 e. The zero-order chi connectivity index (χ0) is 13.4. The van der Waals surface area contributed by atoms with Crippen LogP contribution in [-0.2, 0) is 9.53 Å². The molecule has 1 rings (SSSR count). The maximum Gasteiger partial charge on any atom is 0.407 e. The number of rotatable bonds is 7. The van der Waals surface area contributed by atoms with Crippen molar-refractivity contribution in [2.45, 2.75) is 64.0 Å². The molecule has 0 radical (unpaired) electrons. The van der Waals surface area contributed by atoms with Crippen LogP contribution >= 0.6 is 15.9 Å². The summed E-state index contributed by atoms with van der Waals surface area (Å²) in [6.07, 6.45) is 6.33. The molecule has 1 amide bonds. The van der Waals surface area contributed by atoms with E-state index in [4.69, 9.17) is 4.74 Å². The van der Waals surface area contributed by atoms with Crippen LogP contribution in [0.15, 0.2) is 0 Å². The zero-order valence-electron chi connectivity index (χ0n) is 10.9. The number of hydrogen-bond acceptors (Lipinski definition) is 3. The first kappa shape index (κ1) is 15.5. The molecule has 0 aromatic carbocycles. The molecule has 1 aliphatic rings. The molecule has 0 aliphatic heterocycles. The molecule has 1 aliphatic carbocycles. The monoisotopic (exact) mass is 319 g/mol. The summed E-state index contributed by atoms with van der Waals surface area (Å²) >= 11 is 3.14. The lowest BCUT2D eigenvalue weighted by molar-refractivity contribution is -0.118. The highest BCUT2D eigenvalue weighted by Crippen LogP contribution is 2.21. The van der Waals surface area contributed by atoms with Crippen LogP contribution in [0.25, 0.3) is 0 Å². The number of unbranched alkanes of at least 4 members (excludes halogenated alkanes) is 1. The number of carbonyl (C=O) groups excluding carboxylic acids is 2. The van der Waals surface area contributed by atoms with Crippen molar-refractivity contribution in [1.29, 1.82) is 0 Å². The van der Waals surface area contributed by atoms with Crippen molar-refractivity contribution in [3.63, 3.8) is 0 Å². The Hall–Kier alpha value is -0.580. The topological polar surface area (TPSA) is 55.4 Å². The van der Waals surface area contributed by atoms with E-state index in [0.717, 1.165) is 38.5 Å². The van der Waals surface area contributed by atoms with E-state index in [1.54, 1.807) is 0 Å². The average Bonchev–Trinajstić information content (AvgIpc) is 2.86. The second-order valence-electron chi connectivity index (χ2n) is 4.75. The van der Waals surface area contributed by atoms with Gasteiger partial charge in [-0.1, -0.05) is 35.7 Å². The Kier molecular flexibility index (Phi) is 7.32. The summed E-state index contributed by atoms with van der Waals surface area (Å²) in [5.74, 6) is 0.00632. The number of hydrogen-bond donors (Lipinski definition) is 1. The van der Waals surface area contributed by atoms with Crippen molar-refractivity contribution in [3.8, 4) is 0 Å². The van der Waals surface area contributed by atoms with Crippen LogP contribution in [0.5, 0.6) is 0 Å². The Morgan fingerprint density at radius 1 is 1.39 bits per heavy atom. The molecule has 1 fully saturated rings. The average molecular weight is 320 g/mol. The highest BCUT2D eigenvalue weighted by molar-refractivity contribution is 9.09. The van der Waals surface area contributed by atoms with Crippen molar-refractivity contribution in [2.24, 2.45) is 0 Å². The Labute approximate surface area is 117 Å². The number of nitrogens with one attached hydrogen (secondary N) is 1. The number of alkyl halides is 1. The van der Waals surface area contributed by atoms with Crippen molar-refractivity contribution in [1.82, 2.24) is 5.32 Å². The first-order chi connectivity index (χ1) is 8.67. The molecule has 5 heteroatoms. The maximum atomic E-state index is 11.7. The van der Waals surface area contributed by atoms with Gasteiger partial charge < -0.3 is 10.1 Å². The van der Waals surface area contributed by atoms with Gasteiger partial charge in [0.05, 0.1) is 11.4 Å². The second-order valence-corrected chi connectivity index (χ2v) is 5.31. The summed E-state index contributed by atoms with van der Waals surface area (Å²) in [7, 11) is 0. The number of amides is 1. The zero-order valence-corrected chi connectivity index (χ0v) is 12.5. The summed E-state index contributed by atoms with van der Waals surface area (Å²) in [6, 6.07) is -0.418. The molecular weight excluding hydrogens is 298 g/mol. The molecule has 0 aromatic rings. The molecule has 1 N–H and O–H groups in total. The third kappa shape index (κ3) is 5.38. The third-order valence-corrected chi connectivity index (χ3v) is 3.79. The fraction of sp³-hybridized carbons (Fsp3) is 0.846. The fourth-order valence-corrected chi connectivity index (χ4v) is 2.54. The SMILES string of the molecule is CCCCC(NC(=O)OC1CCCC1)C(=O)CBr. The lowest BCUT2D eigenvalue weighted by atomic mass is 10.1. The molecule has 1 unspecified atom stereocenters. The van der Waals surface area contributed by atoms with E-state index in [0.29, 0.717) is 6.42 Å². The summed E-state index contributed by atoms with van der Waals surface area (Å²) in [5, 5.41) is 2.96. The minimum absolute atomic E-state index is 0.00632. The van der Waals surface area contributed by atoms with E-state index in [9.17, 15) is 9.59 Å². The standard InChI is InChI=1S/C13H22BrNO3/c1-2-3-8-11(12(16)9-14)15-13(17)18-10-6-4-5-7-10/h10-11H,2-9H2,1H3,(H,15,17). The third-order valence-electron chi connectivity index (χ3n) is 3.23. The lowest BCUT2D eigenvalue weighted by Crippen LogP contribution is -2.42. The highest BCUT2D eigenvalue weighted by Gasteiger charge is 2.23. The number of ketones is 1. The highest BCUT2D eigenvalue weighted by atomic mass is 79.9. The van der Waals surface area contributed by atoms with Crippen LogP contribution in [0, 0.1) is 0 Å². The minimum atomic E-state index is -0.447. The second kappa shape index (κ2) is 8.51. The Morgan fingerprint density at radius 2 is 2.06 bits per heavy atom. The number of ether oxygens (including phenoxy) is 1. The van der Waals surface area contributed by atoms with Gasteiger partial charge in [0.15, 0.2) is 5.78 Å². The first-order valence-corrected chi connectivity index (χ1v) is 7.85. The molecule has 18 heavy (non-hydrogen) atoms. The van der Waals surface area contributed by atoms with Crippen molar-refractivity contribution >= 4 is 27.8 Å². The van der Waals surface area contributed by atoms with Gasteiger partial charge in [-0.15, -0.1) is 0 Å². The smallest absolute Gasteiger partial charge is 0.407 e. The van der Waals surface area contributed by atoms with Gasteiger partial charge in [-0.2, -0.15) is 0 Å². The minimum Gasteiger partial charge on any atom is -0.446 e. The normalized spacial score (nSPS) is 17.4. The molecule has 0 bridgehead atoms. The predicted molar refractivity (Wildman–Crippen MR) is 74.0 cm³/mol. The maximum absolute atomic E-state index is 11.7. The van der Waals surface area contributed by atoms with Crippen LogP contribution < -0.4 is 5.32 Å². The number of halogens is 1. The van der Waals surface area contributed by atoms with Gasteiger partial charge in [0.2, 0.25) is 0 Å². The van der Waals surface area contributed by atoms with Gasteiger partial charge in [-0.3, -0.25) is 4.79 Å². The van der Waals surface area contributed by atoms with Crippen molar-refractivity contribution in [2.75, 3.05) is 5.33 Å². The van der Waals surface area contributed by atoms with Gasteiger partial charge in [-0.05, 0) is 32.1 Å². The fourth-order valence-electron chi connectivity index (χ4n) is 2.15. The van der Waals surface area contributed by atoms with Gasteiger partial charge in [0.25, 0.3) is 0 Å². The van der Waals surface area contributed by atoms with Crippen LogP contribution in [0.1, 0.15) is 51.9 Å². The van der Waals surface area contributed by atoms with Crippen LogP contribution in [-0.4, -0.2) is 29.4 Å². The molecule has 4 nitrogen and oxygen atoms in total. The first-order valence-electron chi connectivity index (χ1n) is 6.73. The van der Waals surface area contributed by atoms with E-state index >= 15 is 0 Å². The Bertz CT molecular complexity index is 277. The molecule has 0 saturated heterocycles. The Morgan fingerprint density at radius 3 is 2.61 bits per heavy atom. The molecule has 0 heterocycles. The van der Waals surface area contributed by atoms with E-state index < -0.39 is 12.1 Å². The molecule has 1 atom stereocenters. The summed E-state index contributed by atoms with van der Waals surface area (Å²) in [6.45, 7) is 2.06. The molecule has 0 aromatic heterocycles. The molecular formula is C13H22BrNO3.